The highest BCUT2D eigenvalue weighted by Crippen LogP contribution is 2.34. The molecule has 7 heteroatoms. The van der Waals surface area contributed by atoms with E-state index in [1.807, 2.05) is 48.5 Å². The number of benzene rings is 7. The first-order chi connectivity index (χ1) is 28.7. The van der Waals surface area contributed by atoms with Gasteiger partial charge < -0.3 is 36.4 Å². The number of nitrogens with two attached hydrogens (primary N) is 2. The van der Waals surface area contributed by atoms with Crippen molar-refractivity contribution >= 4 is 68.1 Å². The van der Waals surface area contributed by atoms with Crippen LogP contribution in [0.25, 0.3) is 16.7 Å². The Labute approximate surface area is 348 Å². The lowest BCUT2D eigenvalue weighted by molar-refractivity contribution is 0.982. The van der Waals surface area contributed by atoms with Crippen LogP contribution < -0.4 is 36.4 Å². The molecule has 294 valence electrons. The average Bonchev–Trinajstić information content (AvgIpc) is 3.29. The topological polar surface area (TPSA) is 77.0 Å². The van der Waals surface area contributed by atoms with Crippen LogP contribution in [0.1, 0.15) is 18.4 Å². The van der Waals surface area contributed by atoms with E-state index in [4.69, 9.17) is 11.5 Å². The number of hydrogen-bond donors (Lipinski definition) is 3. The van der Waals surface area contributed by atoms with Crippen molar-refractivity contribution in [2.75, 3.05) is 64.6 Å². The monoisotopic (exact) mass is 773 g/mol. The molecule has 7 aromatic carbocycles. The number of rotatable bonds is 12. The molecule has 0 saturated carbocycles. The quantitative estimate of drug-likeness (QED) is 0.107. The lowest BCUT2D eigenvalue weighted by Crippen LogP contribution is -2.11. The summed E-state index contributed by atoms with van der Waals surface area (Å²) in [6.07, 6.45) is 6.42. The van der Waals surface area contributed by atoms with Gasteiger partial charge in [-0.1, -0.05) is 42.5 Å². The van der Waals surface area contributed by atoms with Gasteiger partial charge in [-0.05, 0) is 175 Å². The van der Waals surface area contributed by atoms with Crippen LogP contribution in [0.2, 0.25) is 0 Å². The van der Waals surface area contributed by atoms with Gasteiger partial charge in [0.1, 0.15) is 0 Å². The third-order valence-corrected chi connectivity index (χ3v) is 11.4. The first kappa shape index (κ1) is 38.5. The van der Waals surface area contributed by atoms with Gasteiger partial charge in [-0.3, -0.25) is 0 Å². The Balaban J connectivity index is 0.843. The zero-order valence-corrected chi connectivity index (χ0v) is 34.2. The Morgan fingerprint density at radius 1 is 0.339 bits per heavy atom. The maximum atomic E-state index is 5.87. The maximum absolute atomic E-state index is 5.87. The Hall–Kier alpha value is -7.38. The second-order valence-electron chi connectivity index (χ2n) is 15.1. The van der Waals surface area contributed by atoms with Gasteiger partial charge in [0, 0.05) is 96.4 Å². The third kappa shape index (κ3) is 8.80. The van der Waals surface area contributed by atoms with Crippen LogP contribution in [0, 0.1) is 0 Å². The fourth-order valence-electron chi connectivity index (χ4n) is 7.48. The molecule has 0 atom stereocenters. The molecule has 0 saturated heterocycles. The summed E-state index contributed by atoms with van der Waals surface area (Å²) in [6.45, 7) is 0. The molecule has 7 aromatic rings. The Bertz CT molecular complexity index is 2540. The van der Waals surface area contributed by atoms with Crippen LogP contribution >= 0.6 is 0 Å². The Morgan fingerprint density at radius 3 is 0.949 bits per heavy atom. The Kier molecular flexibility index (Phi) is 11.1. The van der Waals surface area contributed by atoms with Crippen LogP contribution in [0.4, 0.5) is 62.6 Å². The zero-order valence-electron chi connectivity index (χ0n) is 34.2. The molecule has 0 amide bonds. The minimum absolute atomic E-state index is 0.766. The number of allylic oxidation sites excluding steroid dienone is 4. The van der Waals surface area contributed by atoms with E-state index in [2.05, 4.69) is 187 Å². The van der Waals surface area contributed by atoms with Gasteiger partial charge in [0.15, 0.2) is 0 Å². The first-order valence-corrected chi connectivity index (χ1v) is 20.0. The molecule has 0 heterocycles. The summed E-state index contributed by atoms with van der Waals surface area (Å²) in [5.41, 5.74) is 29.6. The van der Waals surface area contributed by atoms with Gasteiger partial charge in [0.2, 0.25) is 0 Å². The number of nitrogens with one attached hydrogen (secondary N) is 1. The van der Waals surface area contributed by atoms with E-state index in [0.717, 1.165) is 75.4 Å². The van der Waals surface area contributed by atoms with Crippen molar-refractivity contribution in [3.8, 4) is 11.1 Å². The summed E-state index contributed by atoms with van der Waals surface area (Å²) >= 11 is 0. The molecule has 7 nitrogen and oxygen atoms in total. The molecule has 0 aromatic heterocycles. The van der Waals surface area contributed by atoms with Crippen molar-refractivity contribution in [1.29, 1.82) is 0 Å². The van der Waals surface area contributed by atoms with Crippen molar-refractivity contribution in [1.82, 2.24) is 0 Å². The van der Waals surface area contributed by atoms with E-state index in [1.165, 1.54) is 28.0 Å². The molecule has 1 aliphatic carbocycles. The van der Waals surface area contributed by atoms with E-state index in [-0.39, 0.29) is 0 Å². The molecule has 8 rings (SSSR count). The predicted molar refractivity (Wildman–Crippen MR) is 254 cm³/mol. The minimum Gasteiger partial charge on any atom is -0.399 e. The standard InChI is InChI=1S/C52H51N7/c1-56(49-29-33-51(34-30-49)58(3)47-25-13-41(53)14-26-47)45-21-9-39(10-22-45)37-5-17-43(18-6-37)55-44-19-7-38(8-20-44)40-11-23-46(24-12-40)57(2)50-31-35-52(36-32-50)59(4)48-27-15-42(54)16-28-48/h5-7,9-19,21-36,55H,8,20,53-54H2,1-4H3. The number of anilines is 11. The van der Waals surface area contributed by atoms with Gasteiger partial charge in [-0.25, -0.2) is 0 Å². The van der Waals surface area contributed by atoms with Gasteiger partial charge >= 0.3 is 0 Å². The summed E-state index contributed by atoms with van der Waals surface area (Å²) in [7, 11) is 8.35. The summed E-state index contributed by atoms with van der Waals surface area (Å²) in [4.78, 5) is 8.75. The SMILES string of the molecule is CN(c1ccc(N)cc1)c1ccc(N(C)c2ccc(C3=CC=C(Nc4ccc(-c5ccc(N(C)c6ccc(N(C)c7ccc(N)cc7)cc6)cc5)cc4)CC3)cc2)cc1. The molecule has 1 aliphatic rings. The largest absolute Gasteiger partial charge is 0.399 e. The highest BCUT2D eigenvalue weighted by molar-refractivity contribution is 5.75. The molecule has 0 fully saturated rings. The number of nitrogens with zero attached hydrogens (tertiary/aromatic N) is 4. The van der Waals surface area contributed by atoms with Gasteiger partial charge in [-0.15, -0.1) is 0 Å². The lowest BCUT2D eigenvalue weighted by atomic mass is 9.95. The van der Waals surface area contributed by atoms with Crippen LogP contribution in [-0.4, -0.2) is 28.2 Å². The van der Waals surface area contributed by atoms with E-state index >= 15 is 0 Å². The smallest absolute Gasteiger partial charge is 0.0409 e. The van der Waals surface area contributed by atoms with E-state index < -0.39 is 0 Å². The predicted octanol–water partition coefficient (Wildman–Crippen LogP) is 12.8. The molecule has 5 N–H and O–H groups in total. The maximum Gasteiger partial charge on any atom is 0.0409 e. The summed E-state index contributed by atoms with van der Waals surface area (Å²) in [5.74, 6) is 0. The van der Waals surface area contributed by atoms with Gasteiger partial charge in [-0.2, -0.15) is 0 Å². The highest BCUT2D eigenvalue weighted by atomic mass is 15.1. The lowest BCUT2D eigenvalue weighted by Gasteiger charge is -2.23. The van der Waals surface area contributed by atoms with E-state index in [0.29, 0.717) is 0 Å². The summed E-state index contributed by atoms with van der Waals surface area (Å²) in [6, 6.07) is 59.4. The van der Waals surface area contributed by atoms with Crippen molar-refractivity contribution in [3.05, 3.63) is 193 Å². The molecular weight excluding hydrogens is 723 g/mol. The molecule has 59 heavy (non-hydrogen) atoms. The first-order valence-electron chi connectivity index (χ1n) is 20.0. The summed E-state index contributed by atoms with van der Waals surface area (Å²) < 4.78 is 0. The average molecular weight is 774 g/mol. The van der Waals surface area contributed by atoms with Crippen molar-refractivity contribution < 1.29 is 0 Å². The van der Waals surface area contributed by atoms with Crippen molar-refractivity contribution in [2.24, 2.45) is 0 Å². The molecule has 0 aliphatic heterocycles. The van der Waals surface area contributed by atoms with Crippen LogP contribution in [0.3, 0.4) is 0 Å². The van der Waals surface area contributed by atoms with Gasteiger partial charge in [0.05, 0.1) is 0 Å². The van der Waals surface area contributed by atoms with E-state index in [1.54, 1.807) is 0 Å². The fraction of sp³-hybridized carbons (Fsp3) is 0.115. The molecule has 0 bridgehead atoms. The third-order valence-electron chi connectivity index (χ3n) is 11.4. The zero-order chi connectivity index (χ0) is 40.9. The minimum atomic E-state index is 0.766. The second-order valence-corrected chi connectivity index (χ2v) is 15.1. The normalized spacial score (nSPS) is 12.3. The van der Waals surface area contributed by atoms with Crippen LogP contribution in [0.15, 0.2) is 188 Å². The van der Waals surface area contributed by atoms with Gasteiger partial charge in [0.25, 0.3) is 0 Å². The molecule has 0 unspecified atom stereocenters. The molecule has 0 spiro atoms. The van der Waals surface area contributed by atoms with E-state index in [9.17, 15) is 0 Å². The molecular formula is C52H51N7. The van der Waals surface area contributed by atoms with Crippen LogP contribution in [-0.2, 0) is 0 Å². The fourth-order valence-corrected chi connectivity index (χ4v) is 7.48. The summed E-state index contributed by atoms with van der Waals surface area (Å²) in [5, 5.41) is 3.65. The molecule has 0 radical (unpaired) electrons. The number of nitrogen functional groups attached to an aromatic ring is 2. The highest BCUT2D eigenvalue weighted by Gasteiger charge is 2.13. The van der Waals surface area contributed by atoms with Crippen LogP contribution in [0.5, 0.6) is 0 Å². The Morgan fingerprint density at radius 2 is 0.627 bits per heavy atom. The second kappa shape index (κ2) is 17.0. The van der Waals surface area contributed by atoms with Crippen molar-refractivity contribution in [3.63, 3.8) is 0 Å². The van der Waals surface area contributed by atoms with Crippen molar-refractivity contribution in [2.45, 2.75) is 12.8 Å². The number of hydrogen-bond acceptors (Lipinski definition) is 7.